The minimum absolute atomic E-state index is 0.681. The molecule has 1 aromatic heterocycles. The Balaban J connectivity index is 2.03. The first-order chi connectivity index (χ1) is 8.55. The molecule has 1 N–H and O–H groups in total. The minimum Gasteiger partial charge on any atom is -0.383 e. The van der Waals surface area contributed by atoms with Gasteiger partial charge in [0.05, 0.1) is 5.69 Å². The van der Waals surface area contributed by atoms with Crippen LogP contribution in [0.2, 0.25) is 0 Å². The van der Waals surface area contributed by atoms with Crippen LogP contribution < -0.4 is 0 Å². The zero-order chi connectivity index (χ0) is 13.2. The Kier molecular flexibility index (Phi) is 4.07. The molecule has 1 aromatic rings. The first kappa shape index (κ1) is 13.6. The molecule has 0 bridgehead atoms. The maximum atomic E-state index is 10.8. The molecule has 0 spiro atoms. The number of nitrogens with zero attached hydrogens (tertiary/aromatic N) is 3. The van der Waals surface area contributed by atoms with Crippen LogP contribution in [0.3, 0.4) is 0 Å². The second-order valence-electron chi connectivity index (χ2n) is 5.76. The van der Waals surface area contributed by atoms with E-state index < -0.39 is 5.60 Å². The summed E-state index contributed by atoms with van der Waals surface area (Å²) in [4.78, 5) is 2.45. The monoisotopic (exact) mass is 251 g/mol. The Bertz CT molecular complexity index is 378. The molecule has 0 aromatic carbocycles. The van der Waals surface area contributed by atoms with Crippen molar-refractivity contribution in [1.29, 1.82) is 0 Å². The average Bonchev–Trinajstić information content (AvgIpc) is 2.81. The van der Waals surface area contributed by atoms with E-state index in [2.05, 4.69) is 30.8 Å². The third-order valence-corrected chi connectivity index (χ3v) is 3.80. The molecule has 0 amide bonds. The maximum absolute atomic E-state index is 10.8. The van der Waals surface area contributed by atoms with Crippen molar-refractivity contribution in [2.75, 3.05) is 19.6 Å². The maximum Gasteiger partial charge on any atom is 0.109 e. The van der Waals surface area contributed by atoms with Crippen LogP contribution in [-0.4, -0.2) is 39.4 Å². The highest BCUT2D eigenvalue weighted by atomic mass is 16.3. The molecule has 0 aliphatic carbocycles. The topological polar surface area (TPSA) is 41.3 Å². The van der Waals surface area contributed by atoms with Gasteiger partial charge in [-0.2, -0.15) is 5.10 Å². The summed E-state index contributed by atoms with van der Waals surface area (Å²) < 4.78 is 1.91. The number of aliphatic hydroxyl groups is 1. The van der Waals surface area contributed by atoms with Gasteiger partial charge in [0.2, 0.25) is 0 Å². The van der Waals surface area contributed by atoms with E-state index in [9.17, 15) is 5.11 Å². The standard InChI is InChI=1S/C14H25N3O/c1-4-17-13(5-8-15-17)14(18)6-9-16(10-7-14)11-12(2)3/h5,8,12,18H,4,6-7,9-11H2,1-3H3. The largest absolute Gasteiger partial charge is 0.383 e. The van der Waals surface area contributed by atoms with Crippen LogP contribution in [0.5, 0.6) is 0 Å². The number of piperidine rings is 1. The molecule has 1 saturated heterocycles. The Labute approximate surface area is 110 Å². The highest BCUT2D eigenvalue weighted by Crippen LogP contribution is 2.32. The van der Waals surface area contributed by atoms with Crippen molar-refractivity contribution in [3.63, 3.8) is 0 Å². The first-order valence-electron chi connectivity index (χ1n) is 7.02. The summed E-state index contributed by atoms with van der Waals surface area (Å²) in [5, 5.41) is 15.1. The van der Waals surface area contributed by atoms with Crippen molar-refractivity contribution in [3.8, 4) is 0 Å². The van der Waals surface area contributed by atoms with Crippen molar-refractivity contribution < 1.29 is 5.11 Å². The molecule has 1 fully saturated rings. The molecule has 18 heavy (non-hydrogen) atoms. The van der Waals surface area contributed by atoms with Crippen LogP contribution in [0.15, 0.2) is 12.3 Å². The summed E-state index contributed by atoms with van der Waals surface area (Å²) in [7, 11) is 0. The molecule has 2 heterocycles. The van der Waals surface area contributed by atoms with Gasteiger partial charge in [0.25, 0.3) is 0 Å². The second-order valence-corrected chi connectivity index (χ2v) is 5.76. The fourth-order valence-electron chi connectivity index (χ4n) is 2.86. The number of rotatable bonds is 4. The molecular weight excluding hydrogens is 226 g/mol. The summed E-state index contributed by atoms with van der Waals surface area (Å²) in [6.45, 7) is 10.4. The predicted octanol–water partition coefficient (Wildman–Crippen LogP) is 1.84. The predicted molar refractivity (Wildman–Crippen MR) is 72.3 cm³/mol. The lowest BCUT2D eigenvalue weighted by atomic mass is 9.87. The van der Waals surface area contributed by atoms with E-state index in [1.807, 2.05) is 10.7 Å². The van der Waals surface area contributed by atoms with Crippen molar-refractivity contribution in [1.82, 2.24) is 14.7 Å². The summed E-state index contributed by atoms with van der Waals surface area (Å²) in [5.41, 5.74) is 0.300. The summed E-state index contributed by atoms with van der Waals surface area (Å²) >= 11 is 0. The van der Waals surface area contributed by atoms with Crippen LogP contribution in [0, 0.1) is 5.92 Å². The number of aromatic nitrogens is 2. The Morgan fingerprint density at radius 3 is 2.61 bits per heavy atom. The van der Waals surface area contributed by atoms with Crippen molar-refractivity contribution in [2.24, 2.45) is 5.92 Å². The molecule has 0 atom stereocenters. The van der Waals surface area contributed by atoms with E-state index in [1.54, 1.807) is 6.20 Å². The van der Waals surface area contributed by atoms with Gasteiger partial charge in [-0.3, -0.25) is 4.68 Å². The molecule has 1 aliphatic heterocycles. The molecule has 0 unspecified atom stereocenters. The molecule has 0 saturated carbocycles. The second kappa shape index (κ2) is 5.41. The van der Waals surface area contributed by atoms with Gasteiger partial charge < -0.3 is 10.0 Å². The Morgan fingerprint density at radius 2 is 2.06 bits per heavy atom. The van der Waals surface area contributed by atoms with Crippen molar-refractivity contribution in [2.45, 2.75) is 45.8 Å². The van der Waals surface area contributed by atoms with Crippen LogP contribution in [0.1, 0.15) is 39.3 Å². The van der Waals surface area contributed by atoms with E-state index in [0.717, 1.165) is 44.7 Å². The van der Waals surface area contributed by atoms with Gasteiger partial charge in [-0.1, -0.05) is 13.8 Å². The lowest BCUT2D eigenvalue weighted by molar-refractivity contribution is -0.0345. The van der Waals surface area contributed by atoms with Crippen molar-refractivity contribution in [3.05, 3.63) is 18.0 Å². The van der Waals surface area contributed by atoms with Gasteiger partial charge in [-0.25, -0.2) is 0 Å². The number of hydrogen-bond donors (Lipinski definition) is 1. The fourth-order valence-corrected chi connectivity index (χ4v) is 2.86. The Hall–Kier alpha value is -0.870. The van der Waals surface area contributed by atoms with Gasteiger partial charge in [-0.15, -0.1) is 0 Å². The molecule has 4 heteroatoms. The molecule has 1 aliphatic rings. The minimum atomic E-state index is -0.681. The normalized spacial score (nSPS) is 20.5. The van der Waals surface area contributed by atoms with E-state index in [0.29, 0.717) is 5.92 Å². The smallest absolute Gasteiger partial charge is 0.109 e. The van der Waals surface area contributed by atoms with Crippen LogP contribution >= 0.6 is 0 Å². The van der Waals surface area contributed by atoms with Gasteiger partial charge in [0.15, 0.2) is 0 Å². The van der Waals surface area contributed by atoms with E-state index >= 15 is 0 Å². The molecular formula is C14H25N3O. The zero-order valence-corrected chi connectivity index (χ0v) is 11.8. The summed E-state index contributed by atoms with van der Waals surface area (Å²) in [6.07, 6.45) is 3.41. The molecule has 2 rings (SSSR count). The zero-order valence-electron chi connectivity index (χ0n) is 11.8. The van der Waals surface area contributed by atoms with E-state index in [4.69, 9.17) is 0 Å². The van der Waals surface area contributed by atoms with E-state index in [1.165, 1.54) is 0 Å². The summed E-state index contributed by atoms with van der Waals surface area (Å²) in [6, 6.07) is 1.96. The van der Waals surface area contributed by atoms with Crippen molar-refractivity contribution >= 4 is 0 Å². The third-order valence-electron chi connectivity index (χ3n) is 3.80. The number of aryl methyl sites for hydroxylation is 1. The average molecular weight is 251 g/mol. The van der Waals surface area contributed by atoms with Gasteiger partial charge in [-0.05, 0) is 31.7 Å². The third kappa shape index (κ3) is 2.75. The van der Waals surface area contributed by atoms with Gasteiger partial charge >= 0.3 is 0 Å². The van der Waals surface area contributed by atoms with Crippen LogP contribution in [-0.2, 0) is 12.1 Å². The quantitative estimate of drug-likeness (QED) is 0.888. The number of hydrogen-bond acceptors (Lipinski definition) is 3. The van der Waals surface area contributed by atoms with Crippen LogP contribution in [0.25, 0.3) is 0 Å². The van der Waals surface area contributed by atoms with Gasteiger partial charge in [0.1, 0.15) is 5.60 Å². The first-order valence-corrected chi connectivity index (χ1v) is 7.02. The molecule has 0 radical (unpaired) electrons. The Morgan fingerprint density at radius 1 is 1.39 bits per heavy atom. The van der Waals surface area contributed by atoms with E-state index in [-0.39, 0.29) is 0 Å². The van der Waals surface area contributed by atoms with Gasteiger partial charge in [0, 0.05) is 32.4 Å². The highest BCUT2D eigenvalue weighted by Gasteiger charge is 2.36. The van der Waals surface area contributed by atoms with Crippen LogP contribution in [0.4, 0.5) is 0 Å². The molecule has 102 valence electrons. The fraction of sp³-hybridized carbons (Fsp3) is 0.786. The highest BCUT2D eigenvalue weighted by molar-refractivity contribution is 5.13. The molecule has 4 nitrogen and oxygen atoms in total. The number of likely N-dealkylation sites (tertiary alicyclic amines) is 1. The summed E-state index contributed by atoms with van der Waals surface area (Å²) in [5.74, 6) is 0.692. The SMILES string of the molecule is CCn1nccc1C1(O)CCN(CC(C)C)CC1. The lowest BCUT2D eigenvalue weighted by Gasteiger charge is -2.39. The lowest BCUT2D eigenvalue weighted by Crippen LogP contribution is -2.44.